The van der Waals surface area contributed by atoms with E-state index in [1.54, 1.807) is 18.3 Å². The molecule has 1 heterocycles. The van der Waals surface area contributed by atoms with Crippen LogP contribution in [0, 0.1) is 6.92 Å². The number of phenols is 1. The van der Waals surface area contributed by atoms with Crippen LogP contribution < -0.4 is 0 Å². The van der Waals surface area contributed by atoms with Crippen LogP contribution in [0.4, 0.5) is 0 Å². The summed E-state index contributed by atoms with van der Waals surface area (Å²) in [7, 11) is 0. The van der Waals surface area contributed by atoms with Gasteiger partial charge in [0, 0.05) is 11.6 Å². The van der Waals surface area contributed by atoms with E-state index in [4.69, 9.17) is 0 Å². The summed E-state index contributed by atoms with van der Waals surface area (Å²) < 4.78 is 0. The van der Waals surface area contributed by atoms with E-state index in [1.807, 2.05) is 13.0 Å². The minimum absolute atomic E-state index is 0.0406. The Bertz CT molecular complexity index is 506. The Morgan fingerprint density at radius 3 is 3.00 bits per heavy atom. The number of aromatic nitrogens is 1. The zero-order chi connectivity index (χ0) is 10.1. The normalized spacial score (nSPS) is 10.4. The molecular formula is C11H9NO2. The summed E-state index contributed by atoms with van der Waals surface area (Å²) in [6.45, 7) is 1.89. The van der Waals surface area contributed by atoms with Crippen LogP contribution in [0.2, 0.25) is 0 Å². The number of fused-ring (bicyclic) bond motifs is 1. The SMILES string of the molecule is Cc1cc(C=O)c(O)c2ncccc12. The molecule has 0 atom stereocenters. The van der Waals surface area contributed by atoms with Crippen LogP contribution in [0.15, 0.2) is 24.4 Å². The predicted molar refractivity (Wildman–Crippen MR) is 53.5 cm³/mol. The molecule has 3 heteroatoms. The van der Waals surface area contributed by atoms with Crippen molar-refractivity contribution in [3.05, 3.63) is 35.5 Å². The van der Waals surface area contributed by atoms with Gasteiger partial charge in [-0.05, 0) is 24.6 Å². The van der Waals surface area contributed by atoms with Crippen LogP contribution in [0.25, 0.3) is 10.9 Å². The number of aldehydes is 1. The Labute approximate surface area is 81.0 Å². The van der Waals surface area contributed by atoms with Crippen LogP contribution in [0.1, 0.15) is 15.9 Å². The molecule has 0 radical (unpaired) electrons. The van der Waals surface area contributed by atoms with Crippen molar-refractivity contribution < 1.29 is 9.90 Å². The lowest BCUT2D eigenvalue weighted by molar-refractivity contribution is 0.112. The Balaban J connectivity index is 2.94. The first-order valence-electron chi connectivity index (χ1n) is 4.26. The van der Waals surface area contributed by atoms with Gasteiger partial charge in [-0.2, -0.15) is 0 Å². The molecule has 1 N–H and O–H groups in total. The second-order valence-electron chi connectivity index (χ2n) is 3.15. The second-order valence-corrected chi connectivity index (χ2v) is 3.15. The van der Waals surface area contributed by atoms with Gasteiger partial charge in [0.2, 0.25) is 0 Å². The third-order valence-electron chi connectivity index (χ3n) is 2.23. The lowest BCUT2D eigenvalue weighted by Gasteiger charge is -2.05. The fraction of sp³-hybridized carbons (Fsp3) is 0.0909. The molecule has 14 heavy (non-hydrogen) atoms. The highest BCUT2D eigenvalue weighted by molar-refractivity contribution is 5.95. The highest BCUT2D eigenvalue weighted by Crippen LogP contribution is 2.28. The van der Waals surface area contributed by atoms with E-state index >= 15 is 0 Å². The zero-order valence-electron chi connectivity index (χ0n) is 7.69. The van der Waals surface area contributed by atoms with Crippen molar-refractivity contribution in [1.29, 1.82) is 0 Å². The molecule has 0 amide bonds. The van der Waals surface area contributed by atoms with Crippen LogP contribution >= 0.6 is 0 Å². The maximum Gasteiger partial charge on any atom is 0.153 e. The van der Waals surface area contributed by atoms with Gasteiger partial charge in [0.15, 0.2) is 12.0 Å². The molecule has 0 bridgehead atoms. The first kappa shape index (κ1) is 8.69. The number of rotatable bonds is 1. The van der Waals surface area contributed by atoms with Crippen molar-refractivity contribution in [2.24, 2.45) is 0 Å². The van der Waals surface area contributed by atoms with Crippen LogP contribution in [0.3, 0.4) is 0 Å². The van der Waals surface area contributed by atoms with Crippen molar-refractivity contribution in [2.45, 2.75) is 6.92 Å². The molecule has 0 aliphatic carbocycles. The van der Waals surface area contributed by atoms with Gasteiger partial charge in [-0.25, -0.2) is 0 Å². The van der Waals surface area contributed by atoms with Gasteiger partial charge in [-0.15, -0.1) is 0 Å². The van der Waals surface area contributed by atoms with Gasteiger partial charge in [0.05, 0.1) is 5.56 Å². The van der Waals surface area contributed by atoms with Crippen molar-refractivity contribution in [2.75, 3.05) is 0 Å². The Kier molecular flexibility index (Phi) is 1.93. The highest BCUT2D eigenvalue weighted by atomic mass is 16.3. The maximum absolute atomic E-state index is 10.6. The van der Waals surface area contributed by atoms with E-state index in [-0.39, 0.29) is 11.3 Å². The van der Waals surface area contributed by atoms with E-state index in [1.165, 1.54) is 0 Å². The summed E-state index contributed by atoms with van der Waals surface area (Å²) in [4.78, 5) is 14.7. The first-order chi connectivity index (χ1) is 6.74. The van der Waals surface area contributed by atoms with Crippen LogP contribution in [-0.2, 0) is 0 Å². The van der Waals surface area contributed by atoms with E-state index in [2.05, 4.69) is 4.98 Å². The molecule has 0 spiro atoms. The number of aryl methyl sites for hydroxylation is 1. The first-order valence-corrected chi connectivity index (χ1v) is 4.26. The average Bonchev–Trinajstić information content (AvgIpc) is 2.23. The third kappa shape index (κ3) is 1.14. The standard InChI is InChI=1S/C11H9NO2/c1-7-5-8(6-13)11(14)10-9(7)3-2-4-12-10/h2-6,14H,1H3. The number of hydrogen-bond donors (Lipinski definition) is 1. The number of carbonyl (C=O) groups is 1. The zero-order valence-corrected chi connectivity index (χ0v) is 7.69. The lowest BCUT2D eigenvalue weighted by atomic mass is 10.1. The molecule has 1 aromatic carbocycles. The third-order valence-corrected chi connectivity index (χ3v) is 2.23. The van der Waals surface area contributed by atoms with Gasteiger partial charge < -0.3 is 5.11 Å². The van der Waals surface area contributed by atoms with Gasteiger partial charge in [0.25, 0.3) is 0 Å². The van der Waals surface area contributed by atoms with Crippen molar-refractivity contribution in [3.63, 3.8) is 0 Å². The number of carbonyl (C=O) groups excluding carboxylic acids is 1. The largest absolute Gasteiger partial charge is 0.505 e. The van der Waals surface area contributed by atoms with E-state index in [9.17, 15) is 9.90 Å². The molecule has 0 aliphatic rings. The fourth-order valence-corrected chi connectivity index (χ4v) is 1.52. The summed E-state index contributed by atoms with van der Waals surface area (Å²) in [5.41, 5.74) is 1.70. The molecule has 0 aliphatic heterocycles. The van der Waals surface area contributed by atoms with Gasteiger partial charge >= 0.3 is 0 Å². The molecule has 0 unspecified atom stereocenters. The minimum Gasteiger partial charge on any atom is -0.505 e. The molecular weight excluding hydrogens is 178 g/mol. The van der Waals surface area contributed by atoms with Crippen molar-refractivity contribution in [3.8, 4) is 5.75 Å². The molecule has 70 valence electrons. The number of phenolic OH excluding ortho intramolecular Hbond substituents is 1. The molecule has 2 aromatic rings. The molecule has 0 saturated carbocycles. The smallest absolute Gasteiger partial charge is 0.153 e. The summed E-state index contributed by atoms with van der Waals surface area (Å²) in [6, 6.07) is 5.33. The lowest BCUT2D eigenvalue weighted by Crippen LogP contribution is -1.88. The Hall–Kier alpha value is -1.90. The highest BCUT2D eigenvalue weighted by Gasteiger charge is 2.08. The van der Waals surface area contributed by atoms with Crippen LogP contribution in [-0.4, -0.2) is 16.4 Å². The number of benzene rings is 1. The molecule has 1 aromatic heterocycles. The average molecular weight is 187 g/mol. The Morgan fingerprint density at radius 2 is 2.29 bits per heavy atom. The molecule has 2 rings (SSSR count). The maximum atomic E-state index is 10.6. The quantitative estimate of drug-likeness (QED) is 0.695. The topological polar surface area (TPSA) is 50.2 Å². The molecule has 0 saturated heterocycles. The molecule has 0 fully saturated rings. The summed E-state index contributed by atoms with van der Waals surface area (Å²) in [6.07, 6.45) is 2.23. The monoisotopic (exact) mass is 187 g/mol. The fourth-order valence-electron chi connectivity index (χ4n) is 1.52. The van der Waals surface area contributed by atoms with Gasteiger partial charge in [0.1, 0.15) is 5.52 Å². The van der Waals surface area contributed by atoms with Crippen molar-refractivity contribution >= 4 is 17.2 Å². The number of hydrogen-bond acceptors (Lipinski definition) is 3. The Morgan fingerprint density at radius 1 is 1.50 bits per heavy atom. The van der Waals surface area contributed by atoms with E-state index < -0.39 is 0 Å². The van der Waals surface area contributed by atoms with Crippen molar-refractivity contribution in [1.82, 2.24) is 4.98 Å². The van der Waals surface area contributed by atoms with Gasteiger partial charge in [-0.1, -0.05) is 6.07 Å². The number of aromatic hydroxyl groups is 1. The second kappa shape index (κ2) is 3.10. The van der Waals surface area contributed by atoms with E-state index in [0.717, 1.165) is 10.9 Å². The summed E-state index contributed by atoms with van der Waals surface area (Å²) >= 11 is 0. The number of nitrogens with zero attached hydrogens (tertiary/aromatic N) is 1. The van der Waals surface area contributed by atoms with Gasteiger partial charge in [-0.3, -0.25) is 9.78 Å². The minimum atomic E-state index is -0.0406. The van der Waals surface area contributed by atoms with Crippen LogP contribution in [0.5, 0.6) is 5.75 Å². The summed E-state index contributed by atoms with van der Waals surface area (Å²) in [5, 5.41) is 10.6. The number of pyridine rings is 1. The molecule has 3 nitrogen and oxygen atoms in total. The van der Waals surface area contributed by atoms with E-state index in [0.29, 0.717) is 11.8 Å². The summed E-state index contributed by atoms with van der Waals surface area (Å²) in [5.74, 6) is -0.0406. The predicted octanol–water partition coefficient (Wildman–Crippen LogP) is 2.06.